The maximum absolute atomic E-state index is 6.28. The van der Waals surface area contributed by atoms with Crippen LogP contribution in [0.3, 0.4) is 0 Å². The molecule has 1 aromatic carbocycles. The summed E-state index contributed by atoms with van der Waals surface area (Å²) < 4.78 is 0. The Morgan fingerprint density at radius 3 is 2.72 bits per heavy atom. The second kappa shape index (κ2) is 14.6. The first-order valence-electron chi connectivity index (χ1n) is 11.9. The van der Waals surface area contributed by atoms with Gasteiger partial charge in [-0.25, -0.2) is 0 Å². The molecule has 0 radical (unpaired) electrons. The van der Waals surface area contributed by atoms with Crippen molar-refractivity contribution in [1.82, 2.24) is 25.3 Å². The molecule has 0 bridgehead atoms. The molecule has 2 aliphatic heterocycles. The molecule has 0 aromatic heterocycles. The minimum absolute atomic E-state index is 0. The number of halogens is 2. The molecule has 8 heteroatoms. The van der Waals surface area contributed by atoms with Gasteiger partial charge >= 0.3 is 0 Å². The number of hydrogen-bond donors (Lipinski definition) is 2. The van der Waals surface area contributed by atoms with Crippen LogP contribution in [0, 0.1) is 5.92 Å². The average molecular weight is 577 g/mol. The van der Waals surface area contributed by atoms with Crippen molar-refractivity contribution in [3.8, 4) is 0 Å². The molecular weight excluding hydrogens is 535 g/mol. The van der Waals surface area contributed by atoms with Crippen LogP contribution in [-0.4, -0.2) is 94.2 Å². The van der Waals surface area contributed by atoms with Crippen molar-refractivity contribution in [2.45, 2.75) is 31.7 Å². The van der Waals surface area contributed by atoms with Crippen LogP contribution in [-0.2, 0) is 0 Å². The molecule has 3 rings (SSSR count). The van der Waals surface area contributed by atoms with Crippen molar-refractivity contribution in [3.05, 3.63) is 34.9 Å². The van der Waals surface area contributed by atoms with E-state index in [0.29, 0.717) is 12.0 Å². The summed E-state index contributed by atoms with van der Waals surface area (Å²) in [5.74, 6) is 1.44. The lowest BCUT2D eigenvalue weighted by molar-refractivity contribution is 0.122. The maximum Gasteiger partial charge on any atom is 0.190 e. The number of likely N-dealkylation sites (tertiary alicyclic amines) is 1. The summed E-state index contributed by atoms with van der Waals surface area (Å²) >= 11 is 6.28. The zero-order valence-electron chi connectivity index (χ0n) is 20.0. The van der Waals surface area contributed by atoms with Gasteiger partial charge in [0.2, 0.25) is 0 Å². The van der Waals surface area contributed by atoms with Crippen molar-refractivity contribution < 1.29 is 0 Å². The Kier molecular flexibility index (Phi) is 12.6. The molecule has 32 heavy (non-hydrogen) atoms. The highest BCUT2D eigenvalue weighted by Crippen LogP contribution is 2.35. The molecule has 2 unspecified atom stereocenters. The highest BCUT2D eigenvalue weighted by molar-refractivity contribution is 14.0. The van der Waals surface area contributed by atoms with Crippen molar-refractivity contribution >= 4 is 41.5 Å². The van der Waals surface area contributed by atoms with Crippen LogP contribution in [0.25, 0.3) is 0 Å². The molecule has 6 nitrogen and oxygen atoms in total. The second-order valence-corrected chi connectivity index (χ2v) is 9.55. The minimum atomic E-state index is 0. The summed E-state index contributed by atoms with van der Waals surface area (Å²) in [5.41, 5.74) is 1.31. The van der Waals surface area contributed by atoms with Gasteiger partial charge in [0, 0.05) is 44.3 Å². The number of aliphatic imine (C=N–C) groups is 1. The van der Waals surface area contributed by atoms with Gasteiger partial charge in [-0.3, -0.25) is 9.89 Å². The Hall–Kier alpha value is -0.610. The van der Waals surface area contributed by atoms with Gasteiger partial charge < -0.3 is 20.4 Å². The smallest absolute Gasteiger partial charge is 0.190 e. The number of piperidine rings is 1. The lowest BCUT2D eigenvalue weighted by Crippen LogP contribution is -2.45. The molecule has 2 heterocycles. The van der Waals surface area contributed by atoms with E-state index < -0.39 is 0 Å². The van der Waals surface area contributed by atoms with E-state index in [-0.39, 0.29) is 24.0 Å². The van der Waals surface area contributed by atoms with Crippen LogP contribution < -0.4 is 10.6 Å². The van der Waals surface area contributed by atoms with E-state index in [1.807, 2.05) is 13.1 Å². The van der Waals surface area contributed by atoms with E-state index in [4.69, 9.17) is 11.6 Å². The maximum atomic E-state index is 6.28. The molecule has 0 amide bonds. The van der Waals surface area contributed by atoms with Crippen LogP contribution in [0.15, 0.2) is 29.3 Å². The Labute approximate surface area is 217 Å². The van der Waals surface area contributed by atoms with E-state index in [9.17, 15) is 0 Å². The molecule has 0 spiro atoms. The van der Waals surface area contributed by atoms with Crippen LogP contribution in [0.4, 0.5) is 0 Å². The molecular formula is C24H42ClIN6. The van der Waals surface area contributed by atoms with Gasteiger partial charge in [0.05, 0.1) is 0 Å². The van der Waals surface area contributed by atoms with E-state index >= 15 is 0 Å². The first-order chi connectivity index (χ1) is 15.1. The standard InChI is InChI=1S/C24H41ClN6.HI/c1-26-24(27-11-6-14-31-15-7-12-29(2)16-17-31)28-19-21-9-5-13-30(3)23(21)20-8-4-10-22(25)18-20;/h4,8,10,18,21,23H,5-7,9,11-17,19H2,1-3H3,(H2,26,27,28);1H. The highest BCUT2D eigenvalue weighted by atomic mass is 127. The molecule has 2 fully saturated rings. The Morgan fingerprint density at radius 1 is 1.09 bits per heavy atom. The lowest BCUT2D eigenvalue weighted by Gasteiger charge is -2.40. The van der Waals surface area contributed by atoms with E-state index in [0.717, 1.165) is 43.6 Å². The molecule has 2 N–H and O–H groups in total. The number of nitrogens with one attached hydrogen (secondary N) is 2. The van der Waals surface area contributed by atoms with Crippen LogP contribution in [0.1, 0.15) is 37.3 Å². The van der Waals surface area contributed by atoms with Crippen LogP contribution >= 0.6 is 35.6 Å². The summed E-state index contributed by atoms with van der Waals surface area (Å²) in [6, 6.07) is 8.73. The highest BCUT2D eigenvalue weighted by Gasteiger charge is 2.30. The normalized spacial score (nSPS) is 23.9. The quantitative estimate of drug-likeness (QED) is 0.225. The number of nitrogens with zero attached hydrogens (tertiary/aromatic N) is 4. The molecule has 2 saturated heterocycles. The third-order valence-electron chi connectivity index (χ3n) is 6.71. The monoisotopic (exact) mass is 576 g/mol. The summed E-state index contributed by atoms with van der Waals surface area (Å²) in [7, 11) is 6.31. The van der Waals surface area contributed by atoms with Crippen molar-refractivity contribution in [2.75, 3.05) is 73.5 Å². The van der Waals surface area contributed by atoms with Crippen LogP contribution in [0.5, 0.6) is 0 Å². The fourth-order valence-electron chi connectivity index (χ4n) is 4.97. The third-order valence-corrected chi connectivity index (χ3v) is 6.94. The summed E-state index contributed by atoms with van der Waals surface area (Å²) in [6.45, 7) is 8.96. The fourth-order valence-corrected chi connectivity index (χ4v) is 5.17. The molecule has 2 atom stereocenters. The Bertz CT molecular complexity index is 703. The molecule has 0 saturated carbocycles. The van der Waals surface area contributed by atoms with E-state index in [1.54, 1.807) is 0 Å². The zero-order chi connectivity index (χ0) is 22.1. The SMILES string of the molecule is CN=C(NCCCN1CCCN(C)CC1)NCC1CCCN(C)C1c1cccc(Cl)c1.I. The van der Waals surface area contributed by atoms with Gasteiger partial charge in [0.15, 0.2) is 5.96 Å². The predicted molar refractivity (Wildman–Crippen MR) is 147 cm³/mol. The predicted octanol–water partition coefficient (Wildman–Crippen LogP) is 3.53. The summed E-state index contributed by atoms with van der Waals surface area (Å²) in [4.78, 5) is 11.9. The number of hydrogen-bond acceptors (Lipinski definition) is 4. The van der Waals surface area contributed by atoms with Crippen molar-refractivity contribution in [3.63, 3.8) is 0 Å². The number of benzene rings is 1. The minimum Gasteiger partial charge on any atom is -0.356 e. The first kappa shape index (κ1) is 27.6. The Balaban J connectivity index is 0.00000363. The third kappa shape index (κ3) is 8.63. The Morgan fingerprint density at radius 2 is 1.94 bits per heavy atom. The topological polar surface area (TPSA) is 46.1 Å². The number of likely N-dealkylation sites (N-methyl/N-ethyl adjacent to an activating group) is 1. The fraction of sp³-hybridized carbons (Fsp3) is 0.708. The van der Waals surface area contributed by atoms with Crippen LogP contribution in [0.2, 0.25) is 5.02 Å². The van der Waals surface area contributed by atoms with E-state index in [2.05, 4.69) is 62.6 Å². The summed E-state index contributed by atoms with van der Waals surface area (Å²) in [5, 5.41) is 7.92. The van der Waals surface area contributed by atoms with Crippen molar-refractivity contribution in [1.29, 1.82) is 0 Å². The molecule has 0 aliphatic carbocycles. The zero-order valence-corrected chi connectivity index (χ0v) is 23.1. The molecule has 2 aliphatic rings. The largest absolute Gasteiger partial charge is 0.356 e. The summed E-state index contributed by atoms with van der Waals surface area (Å²) in [6.07, 6.45) is 4.87. The van der Waals surface area contributed by atoms with E-state index in [1.165, 1.54) is 51.0 Å². The van der Waals surface area contributed by atoms with Gasteiger partial charge in [-0.1, -0.05) is 23.7 Å². The van der Waals surface area contributed by atoms with Gasteiger partial charge in [-0.2, -0.15) is 0 Å². The molecule has 182 valence electrons. The van der Waals surface area contributed by atoms with Gasteiger partial charge in [-0.15, -0.1) is 24.0 Å². The average Bonchev–Trinajstić information content (AvgIpc) is 2.97. The second-order valence-electron chi connectivity index (χ2n) is 9.11. The van der Waals surface area contributed by atoms with Gasteiger partial charge in [-0.05, 0) is 89.6 Å². The number of rotatable bonds is 7. The number of guanidine groups is 1. The lowest BCUT2D eigenvalue weighted by atomic mass is 9.85. The molecule has 1 aromatic rings. The van der Waals surface area contributed by atoms with Gasteiger partial charge in [0.25, 0.3) is 0 Å². The van der Waals surface area contributed by atoms with Crippen molar-refractivity contribution in [2.24, 2.45) is 10.9 Å². The van der Waals surface area contributed by atoms with Gasteiger partial charge in [0.1, 0.15) is 0 Å². The first-order valence-corrected chi connectivity index (χ1v) is 12.3.